The highest BCUT2D eigenvalue weighted by molar-refractivity contribution is 5.78. The molecule has 3 nitrogen and oxygen atoms in total. The maximum atomic E-state index is 13.7. The molecule has 3 N–H and O–H groups in total. The molecule has 21 heavy (non-hydrogen) atoms. The van der Waals surface area contributed by atoms with Crippen LogP contribution in [0.25, 0.3) is 11.0 Å². The lowest BCUT2D eigenvalue weighted by Gasteiger charge is -2.15. The third-order valence-electron chi connectivity index (χ3n) is 3.83. The first-order chi connectivity index (χ1) is 10.1. The zero-order valence-electron chi connectivity index (χ0n) is 12.0. The number of rotatable bonds is 3. The quantitative estimate of drug-likeness (QED) is 0.569. The van der Waals surface area contributed by atoms with E-state index in [-0.39, 0.29) is 17.4 Å². The van der Waals surface area contributed by atoms with E-state index in [1.54, 1.807) is 6.07 Å². The van der Waals surface area contributed by atoms with Crippen LogP contribution >= 0.6 is 0 Å². The summed E-state index contributed by atoms with van der Waals surface area (Å²) in [6, 6.07) is 12.5. The van der Waals surface area contributed by atoms with Crippen molar-refractivity contribution in [1.29, 1.82) is 0 Å². The molecule has 0 aliphatic carbocycles. The van der Waals surface area contributed by atoms with Crippen molar-refractivity contribution in [3.05, 3.63) is 70.7 Å². The number of halogens is 1. The van der Waals surface area contributed by atoms with Crippen molar-refractivity contribution in [1.82, 2.24) is 5.43 Å². The first kappa shape index (κ1) is 13.8. The van der Waals surface area contributed by atoms with Gasteiger partial charge in [0, 0.05) is 5.39 Å². The number of furan rings is 1. The average molecular weight is 284 g/mol. The van der Waals surface area contributed by atoms with Gasteiger partial charge in [-0.2, -0.15) is 0 Å². The third kappa shape index (κ3) is 2.44. The number of nitrogens with two attached hydrogens (primary N) is 1. The first-order valence-electron chi connectivity index (χ1n) is 6.81. The topological polar surface area (TPSA) is 51.2 Å². The number of hydrazine groups is 1. The molecule has 2 aromatic carbocycles. The van der Waals surface area contributed by atoms with Gasteiger partial charge in [0.15, 0.2) is 11.4 Å². The molecular formula is C17H17FN2O. The molecule has 3 rings (SSSR count). The lowest BCUT2D eigenvalue weighted by molar-refractivity contribution is 0.465. The van der Waals surface area contributed by atoms with E-state index < -0.39 is 0 Å². The predicted molar refractivity (Wildman–Crippen MR) is 81.3 cm³/mol. The molecule has 0 aliphatic rings. The van der Waals surface area contributed by atoms with Gasteiger partial charge in [0.2, 0.25) is 0 Å². The van der Waals surface area contributed by atoms with Crippen molar-refractivity contribution < 1.29 is 8.81 Å². The van der Waals surface area contributed by atoms with Gasteiger partial charge in [0.25, 0.3) is 0 Å². The van der Waals surface area contributed by atoms with Crippen LogP contribution in [0.1, 0.15) is 28.5 Å². The molecule has 0 amide bonds. The summed E-state index contributed by atoms with van der Waals surface area (Å²) in [5, 5.41) is 0.731. The van der Waals surface area contributed by atoms with Crippen molar-refractivity contribution in [2.45, 2.75) is 19.9 Å². The molecule has 108 valence electrons. The van der Waals surface area contributed by atoms with Crippen molar-refractivity contribution in [3.63, 3.8) is 0 Å². The fourth-order valence-corrected chi connectivity index (χ4v) is 2.48. The van der Waals surface area contributed by atoms with Crippen LogP contribution in [0.2, 0.25) is 0 Å². The Labute approximate surface area is 122 Å². The van der Waals surface area contributed by atoms with Gasteiger partial charge in [-0.05, 0) is 42.7 Å². The number of hydrogen-bond donors (Lipinski definition) is 2. The summed E-state index contributed by atoms with van der Waals surface area (Å²) in [5.74, 6) is 5.91. The summed E-state index contributed by atoms with van der Waals surface area (Å²) in [6.07, 6.45) is 0. The van der Waals surface area contributed by atoms with E-state index in [0.717, 1.165) is 10.9 Å². The highest BCUT2D eigenvalue weighted by Gasteiger charge is 2.18. The zero-order valence-corrected chi connectivity index (χ0v) is 12.0. The van der Waals surface area contributed by atoms with Crippen LogP contribution < -0.4 is 11.3 Å². The molecule has 4 heteroatoms. The minimum Gasteiger partial charge on any atom is -0.456 e. The molecule has 0 saturated heterocycles. The van der Waals surface area contributed by atoms with Crippen LogP contribution in [-0.2, 0) is 0 Å². The van der Waals surface area contributed by atoms with Crippen LogP contribution in [0.4, 0.5) is 4.39 Å². The number of nitrogens with one attached hydrogen (secondary N) is 1. The lowest BCUT2D eigenvalue weighted by Crippen LogP contribution is -2.28. The first-order valence-corrected chi connectivity index (χ1v) is 6.81. The second-order valence-corrected chi connectivity index (χ2v) is 5.25. The molecule has 0 radical (unpaired) electrons. The highest BCUT2D eigenvalue weighted by atomic mass is 19.1. The largest absolute Gasteiger partial charge is 0.456 e. The highest BCUT2D eigenvalue weighted by Crippen LogP contribution is 2.29. The Bertz CT molecular complexity index is 795. The second-order valence-electron chi connectivity index (χ2n) is 5.25. The molecule has 0 bridgehead atoms. The predicted octanol–water partition coefficient (Wildman–Crippen LogP) is 3.74. The molecule has 1 unspecified atom stereocenters. The molecule has 3 aromatic rings. The van der Waals surface area contributed by atoms with E-state index in [9.17, 15) is 4.39 Å². The number of fused-ring (bicyclic) bond motifs is 1. The third-order valence-corrected chi connectivity index (χ3v) is 3.83. The van der Waals surface area contributed by atoms with E-state index in [0.29, 0.717) is 5.76 Å². The van der Waals surface area contributed by atoms with Crippen molar-refractivity contribution in [2.24, 2.45) is 5.84 Å². The van der Waals surface area contributed by atoms with E-state index in [1.165, 1.54) is 17.2 Å². The van der Waals surface area contributed by atoms with Gasteiger partial charge in [-0.25, -0.2) is 9.82 Å². The summed E-state index contributed by atoms with van der Waals surface area (Å²) in [7, 11) is 0. The summed E-state index contributed by atoms with van der Waals surface area (Å²) >= 11 is 0. The number of para-hydroxylation sites is 1. The molecule has 0 aliphatic heterocycles. The van der Waals surface area contributed by atoms with Crippen molar-refractivity contribution in [2.75, 3.05) is 0 Å². The lowest BCUT2D eigenvalue weighted by atomic mass is 10.00. The van der Waals surface area contributed by atoms with Crippen molar-refractivity contribution in [3.8, 4) is 0 Å². The van der Waals surface area contributed by atoms with Gasteiger partial charge in [0.1, 0.15) is 11.8 Å². The van der Waals surface area contributed by atoms with Crippen LogP contribution in [0, 0.1) is 19.7 Å². The Morgan fingerprint density at radius 1 is 1.10 bits per heavy atom. The second kappa shape index (κ2) is 5.31. The van der Waals surface area contributed by atoms with Gasteiger partial charge in [-0.3, -0.25) is 5.84 Å². The summed E-state index contributed by atoms with van der Waals surface area (Å²) in [4.78, 5) is 0. The Hall–Kier alpha value is -2.17. The van der Waals surface area contributed by atoms with Crippen LogP contribution in [-0.4, -0.2) is 0 Å². The van der Waals surface area contributed by atoms with E-state index in [1.807, 2.05) is 31.2 Å². The molecule has 1 aromatic heterocycles. The Morgan fingerprint density at radius 3 is 2.57 bits per heavy atom. The summed E-state index contributed by atoms with van der Waals surface area (Å²) in [5.41, 5.74) is 6.38. The molecule has 0 fully saturated rings. The Morgan fingerprint density at radius 2 is 1.90 bits per heavy atom. The molecule has 0 saturated carbocycles. The number of aryl methyl sites for hydroxylation is 2. The SMILES string of the molecule is Cc1ccc(C(NN)c2cc3cccc(F)c3o2)cc1C. The molecular weight excluding hydrogens is 267 g/mol. The zero-order chi connectivity index (χ0) is 15.0. The van der Waals surface area contributed by atoms with Gasteiger partial charge in [-0.15, -0.1) is 0 Å². The maximum Gasteiger partial charge on any atom is 0.169 e. The standard InChI is InChI=1S/C17H17FN2O/c1-10-6-7-12(8-11(10)2)16(20-19)15-9-13-4-3-5-14(18)17(13)21-15/h3-9,16,20H,19H2,1-2H3. The van der Waals surface area contributed by atoms with E-state index in [4.69, 9.17) is 10.3 Å². The molecule has 1 heterocycles. The normalized spacial score (nSPS) is 12.8. The van der Waals surface area contributed by atoms with Gasteiger partial charge in [0.05, 0.1) is 0 Å². The van der Waals surface area contributed by atoms with E-state index in [2.05, 4.69) is 18.4 Å². The van der Waals surface area contributed by atoms with Crippen LogP contribution in [0.3, 0.4) is 0 Å². The summed E-state index contributed by atoms with van der Waals surface area (Å²) < 4.78 is 19.4. The Kier molecular flexibility index (Phi) is 3.49. The van der Waals surface area contributed by atoms with Gasteiger partial charge < -0.3 is 4.42 Å². The Balaban J connectivity index is 2.09. The summed E-state index contributed by atoms with van der Waals surface area (Å²) in [6.45, 7) is 4.10. The van der Waals surface area contributed by atoms with Crippen LogP contribution in [0.5, 0.6) is 0 Å². The van der Waals surface area contributed by atoms with Crippen molar-refractivity contribution >= 4 is 11.0 Å². The van der Waals surface area contributed by atoms with Gasteiger partial charge in [-0.1, -0.05) is 30.3 Å². The fourth-order valence-electron chi connectivity index (χ4n) is 2.48. The number of benzene rings is 2. The van der Waals surface area contributed by atoms with E-state index >= 15 is 0 Å². The maximum absolute atomic E-state index is 13.7. The minimum absolute atomic E-state index is 0.261. The monoisotopic (exact) mass is 284 g/mol. The fraction of sp³-hybridized carbons (Fsp3) is 0.176. The smallest absolute Gasteiger partial charge is 0.169 e. The van der Waals surface area contributed by atoms with Gasteiger partial charge >= 0.3 is 0 Å². The minimum atomic E-state index is -0.366. The van der Waals surface area contributed by atoms with Crippen LogP contribution in [0.15, 0.2) is 46.9 Å². The average Bonchev–Trinajstić information content (AvgIpc) is 2.89. The molecule has 1 atom stereocenters. The number of hydrogen-bond acceptors (Lipinski definition) is 3. The molecule has 0 spiro atoms.